The summed E-state index contributed by atoms with van der Waals surface area (Å²) in [6.45, 7) is 3.66. The molecule has 0 radical (unpaired) electrons. The Bertz CT molecular complexity index is 549. The van der Waals surface area contributed by atoms with Crippen LogP contribution in [0.15, 0.2) is 27.6 Å². The highest BCUT2D eigenvalue weighted by Crippen LogP contribution is 2.20. The summed E-state index contributed by atoms with van der Waals surface area (Å²) in [7, 11) is -3.54. The number of halogens is 1. The molecule has 92 valence electrons. The number of nitrogens with one attached hydrogen (secondary N) is 1. The Morgan fingerprint density at radius 3 is 2.71 bits per heavy atom. The molecule has 1 rings (SSSR count). The molecule has 0 bridgehead atoms. The van der Waals surface area contributed by atoms with Crippen molar-refractivity contribution in [2.75, 3.05) is 6.54 Å². The number of sulfonamides is 1. The van der Waals surface area contributed by atoms with Crippen LogP contribution in [0.5, 0.6) is 0 Å². The van der Waals surface area contributed by atoms with E-state index in [4.69, 9.17) is 5.26 Å². The number of rotatable bonds is 4. The SMILES string of the molecule is Cc1ccc(S(=O)(=O)NC[C@@H](C)C#N)cc1Br. The highest BCUT2D eigenvalue weighted by Gasteiger charge is 2.15. The van der Waals surface area contributed by atoms with Gasteiger partial charge in [-0.05, 0) is 31.5 Å². The van der Waals surface area contributed by atoms with Crippen LogP contribution in [0.1, 0.15) is 12.5 Å². The smallest absolute Gasteiger partial charge is 0.210 e. The number of hydrogen-bond donors (Lipinski definition) is 1. The molecule has 6 heteroatoms. The number of benzene rings is 1. The molecule has 0 aliphatic heterocycles. The Kier molecular flexibility index (Phi) is 4.69. The number of nitriles is 1. The van der Waals surface area contributed by atoms with Gasteiger partial charge in [0.2, 0.25) is 10.0 Å². The molecule has 0 amide bonds. The summed E-state index contributed by atoms with van der Waals surface area (Å²) >= 11 is 3.29. The Balaban J connectivity index is 2.91. The van der Waals surface area contributed by atoms with Crippen LogP contribution >= 0.6 is 15.9 Å². The van der Waals surface area contributed by atoms with Gasteiger partial charge in [-0.3, -0.25) is 0 Å². The minimum atomic E-state index is -3.54. The molecule has 1 N–H and O–H groups in total. The molecule has 1 aromatic rings. The topological polar surface area (TPSA) is 70.0 Å². The summed E-state index contributed by atoms with van der Waals surface area (Å²) in [5.74, 6) is -0.348. The van der Waals surface area contributed by atoms with Crippen molar-refractivity contribution in [1.82, 2.24) is 4.72 Å². The average molecular weight is 317 g/mol. The highest BCUT2D eigenvalue weighted by molar-refractivity contribution is 9.10. The monoisotopic (exact) mass is 316 g/mol. The highest BCUT2D eigenvalue weighted by atomic mass is 79.9. The van der Waals surface area contributed by atoms with E-state index >= 15 is 0 Å². The van der Waals surface area contributed by atoms with Gasteiger partial charge in [0.25, 0.3) is 0 Å². The first-order valence-electron chi connectivity index (χ1n) is 5.02. The molecule has 4 nitrogen and oxygen atoms in total. The van der Waals surface area contributed by atoms with Gasteiger partial charge in [-0.25, -0.2) is 13.1 Å². The average Bonchev–Trinajstić information content (AvgIpc) is 2.29. The van der Waals surface area contributed by atoms with Crippen LogP contribution in [0.4, 0.5) is 0 Å². The van der Waals surface area contributed by atoms with Crippen molar-refractivity contribution in [2.45, 2.75) is 18.7 Å². The number of nitrogens with zero attached hydrogens (tertiary/aromatic N) is 1. The quantitative estimate of drug-likeness (QED) is 0.925. The Morgan fingerprint density at radius 2 is 2.18 bits per heavy atom. The molecule has 1 aromatic carbocycles. The summed E-state index contributed by atoms with van der Waals surface area (Å²) in [5.41, 5.74) is 0.967. The van der Waals surface area contributed by atoms with Gasteiger partial charge in [0.15, 0.2) is 0 Å². The predicted molar refractivity (Wildman–Crippen MR) is 68.8 cm³/mol. The molecular weight excluding hydrogens is 304 g/mol. The third kappa shape index (κ3) is 3.80. The Hall–Kier alpha value is -0.900. The van der Waals surface area contributed by atoms with Crippen molar-refractivity contribution in [3.8, 4) is 6.07 Å². The van der Waals surface area contributed by atoms with Crippen LogP contribution in [-0.2, 0) is 10.0 Å². The third-order valence-electron chi connectivity index (χ3n) is 2.25. The maximum absolute atomic E-state index is 11.9. The van der Waals surface area contributed by atoms with Gasteiger partial charge < -0.3 is 0 Å². The van der Waals surface area contributed by atoms with Gasteiger partial charge in [-0.2, -0.15) is 5.26 Å². The second-order valence-electron chi connectivity index (χ2n) is 3.79. The molecule has 0 aliphatic carbocycles. The van der Waals surface area contributed by atoms with E-state index in [1.807, 2.05) is 13.0 Å². The first-order valence-corrected chi connectivity index (χ1v) is 7.30. The van der Waals surface area contributed by atoms with E-state index in [9.17, 15) is 8.42 Å². The van der Waals surface area contributed by atoms with Crippen molar-refractivity contribution in [3.63, 3.8) is 0 Å². The van der Waals surface area contributed by atoms with Crippen LogP contribution < -0.4 is 4.72 Å². The largest absolute Gasteiger partial charge is 0.240 e. The zero-order chi connectivity index (χ0) is 13.1. The summed E-state index contributed by atoms with van der Waals surface area (Å²) < 4.78 is 26.9. The Labute approximate surface area is 110 Å². The van der Waals surface area contributed by atoms with Crippen LogP contribution in [0.25, 0.3) is 0 Å². The molecule has 0 saturated heterocycles. The number of hydrogen-bond acceptors (Lipinski definition) is 3. The van der Waals surface area contributed by atoms with Crippen LogP contribution in [0.2, 0.25) is 0 Å². The maximum Gasteiger partial charge on any atom is 0.240 e. The fraction of sp³-hybridized carbons (Fsp3) is 0.364. The van der Waals surface area contributed by atoms with Crippen LogP contribution in [-0.4, -0.2) is 15.0 Å². The molecule has 17 heavy (non-hydrogen) atoms. The lowest BCUT2D eigenvalue weighted by atomic mass is 10.2. The molecule has 0 unspecified atom stereocenters. The summed E-state index contributed by atoms with van der Waals surface area (Å²) in [5, 5.41) is 8.59. The van der Waals surface area contributed by atoms with Gasteiger partial charge in [0, 0.05) is 11.0 Å². The van der Waals surface area contributed by atoms with E-state index in [1.54, 1.807) is 25.1 Å². The minimum Gasteiger partial charge on any atom is -0.210 e. The second kappa shape index (κ2) is 5.63. The first kappa shape index (κ1) is 14.2. The molecule has 0 aromatic heterocycles. The van der Waals surface area contributed by atoms with Crippen molar-refractivity contribution >= 4 is 26.0 Å². The van der Waals surface area contributed by atoms with Gasteiger partial charge in [-0.15, -0.1) is 0 Å². The molecule has 0 aliphatic rings. The lowest BCUT2D eigenvalue weighted by molar-refractivity contribution is 0.572. The fourth-order valence-electron chi connectivity index (χ4n) is 1.10. The van der Waals surface area contributed by atoms with Gasteiger partial charge in [0.05, 0.1) is 16.9 Å². The summed E-state index contributed by atoms with van der Waals surface area (Å²) in [4.78, 5) is 0.195. The van der Waals surface area contributed by atoms with E-state index in [0.717, 1.165) is 10.0 Å². The number of aryl methyl sites for hydroxylation is 1. The van der Waals surface area contributed by atoms with Crippen molar-refractivity contribution in [1.29, 1.82) is 5.26 Å². The van der Waals surface area contributed by atoms with E-state index in [2.05, 4.69) is 20.7 Å². The predicted octanol–water partition coefficient (Wildman–Crippen LogP) is 2.20. The second-order valence-corrected chi connectivity index (χ2v) is 6.41. The van der Waals surface area contributed by atoms with Crippen molar-refractivity contribution in [3.05, 3.63) is 28.2 Å². The lowest BCUT2D eigenvalue weighted by Gasteiger charge is -2.08. The minimum absolute atomic E-state index is 0.115. The van der Waals surface area contributed by atoms with Crippen molar-refractivity contribution in [2.24, 2.45) is 5.92 Å². The van der Waals surface area contributed by atoms with Gasteiger partial charge in [-0.1, -0.05) is 22.0 Å². The molecule has 1 atom stereocenters. The van der Waals surface area contributed by atoms with Crippen molar-refractivity contribution < 1.29 is 8.42 Å². The summed E-state index contributed by atoms with van der Waals surface area (Å²) in [6, 6.07) is 6.79. The molecule has 0 spiro atoms. The van der Waals surface area contributed by atoms with E-state index < -0.39 is 10.0 Å². The van der Waals surface area contributed by atoms with Gasteiger partial charge in [0.1, 0.15) is 0 Å². The normalized spacial score (nSPS) is 13.1. The fourth-order valence-corrected chi connectivity index (χ4v) is 2.79. The first-order chi connectivity index (χ1) is 7.86. The molecule has 0 saturated carbocycles. The zero-order valence-corrected chi connectivity index (χ0v) is 12.0. The lowest BCUT2D eigenvalue weighted by Crippen LogP contribution is -2.28. The third-order valence-corrected chi connectivity index (χ3v) is 4.53. The molecule has 0 fully saturated rings. The zero-order valence-electron chi connectivity index (χ0n) is 9.57. The summed E-state index contributed by atoms with van der Waals surface area (Å²) in [6.07, 6.45) is 0. The van der Waals surface area contributed by atoms with E-state index in [-0.39, 0.29) is 17.4 Å². The molecular formula is C11H13BrN2O2S. The van der Waals surface area contributed by atoms with Crippen LogP contribution in [0.3, 0.4) is 0 Å². The van der Waals surface area contributed by atoms with E-state index in [0.29, 0.717) is 0 Å². The van der Waals surface area contributed by atoms with Gasteiger partial charge >= 0.3 is 0 Å². The molecule has 0 heterocycles. The maximum atomic E-state index is 11.9. The standard InChI is InChI=1S/C11H13BrN2O2S/c1-8(6-13)7-14-17(15,16)10-4-3-9(2)11(12)5-10/h3-5,8,14H,7H2,1-2H3/t8-/m0/s1. The Morgan fingerprint density at radius 1 is 1.53 bits per heavy atom. The van der Waals surface area contributed by atoms with Crippen LogP contribution in [0, 0.1) is 24.2 Å². The van der Waals surface area contributed by atoms with E-state index in [1.165, 1.54) is 0 Å².